The topological polar surface area (TPSA) is 55.1 Å². The summed E-state index contributed by atoms with van der Waals surface area (Å²) in [5, 5.41) is 3.13. The number of hydrogen-bond acceptors (Lipinski definition) is 2. The van der Waals surface area contributed by atoms with Gasteiger partial charge in [0.2, 0.25) is 5.91 Å². The molecule has 0 aromatic heterocycles. The summed E-state index contributed by atoms with van der Waals surface area (Å²) in [6.45, 7) is 0.598. The maximum Gasteiger partial charge on any atom is 0.220 e. The largest absolute Gasteiger partial charge is 0.353 e. The van der Waals surface area contributed by atoms with E-state index >= 15 is 0 Å². The van der Waals surface area contributed by atoms with Crippen LogP contribution in [0.3, 0.4) is 0 Å². The lowest BCUT2D eigenvalue weighted by Gasteiger charge is -2.16. The molecule has 2 rings (SSSR count). The van der Waals surface area contributed by atoms with E-state index in [2.05, 4.69) is 17.4 Å². The third kappa shape index (κ3) is 4.35. The van der Waals surface area contributed by atoms with Gasteiger partial charge in [0.1, 0.15) is 0 Å². The van der Waals surface area contributed by atoms with E-state index in [1.165, 1.54) is 18.4 Å². The maximum atomic E-state index is 11.9. The van der Waals surface area contributed by atoms with Gasteiger partial charge in [-0.3, -0.25) is 4.79 Å². The molecular weight excluding hydrogens is 236 g/mol. The fraction of sp³-hybridized carbons (Fsp3) is 0.562. The molecule has 104 valence electrons. The molecule has 0 saturated heterocycles. The molecule has 0 bridgehead atoms. The Hall–Kier alpha value is -1.35. The minimum atomic E-state index is 0.182. The second kappa shape index (κ2) is 7.29. The van der Waals surface area contributed by atoms with Crippen molar-refractivity contribution >= 4 is 5.91 Å². The molecule has 1 unspecified atom stereocenters. The standard InChI is InChI=1S/C16H24N2O/c17-12-14(13-6-2-1-3-7-13)10-11-16(19)18-15-8-4-5-9-15/h1-3,6-7,14-15H,4-5,8-12,17H2,(H,18,19). The van der Waals surface area contributed by atoms with Crippen LogP contribution in [0.5, 0.6) is 0 Å². The summed E-state index contributed by atoms with van der Waals surface area (Å²) in [6.07, 6.45) is 6.20. The first kappa shape index (κ1) is 14.1. The lowest BCUT2D eigenvalue weighted by molar-refractivity contribution is -0.121. The van der Waals surface area contributed by atoms with Crippen molar-refractivity contribution in [2.24, 2.45) is 5.73 Å². The lowest BCUT2D eigenvalue weighted by atomic mass is 9.94. The quantitative estimate of drug-likeness (QED) is 0.826. The molecule has 1 aromatic rings. The van der Waals surface area contributed by atoms with E-state index < -0.39 is 0 Å². The minimum Gasteiger partial charge on any atom is -0.353 e. The Bertz CT molecular complexity index is 385. The average Bonchev–Trinajstić information content (AvgIpc) is 2.93. The summed E-state index contributed by atoms with van der Waals surface area (Å²) in [5.74, 6) is 0.469. The summed E-state index contributed by atoms with van der Waals surface area (Å²) < 4.78 is 0. The summed E-state index contributed by atoms with van der Waals surface area (Å²) in [4.78, 5) is 11.9. The van der Waals surface area contributed by atoms with Gasteiger partial charge in [0, 0.05) is 12.5 Å². The molecule has 1 atom stereocenters. The minimum absolute atomic E-state index is 0.182. The molecule has 3 heteroatoms. The Balaban J connectivity index is 1.78. The van der Waals surface area contributed by atoms with Crippen LogP contribution in [0.2, 0.25) is 0 Å². The van der Waals surface area contributed by atoms with Crippen molar-refractivity contribution in [2.45, 2.75) is 50.5 Å². The number of nitrogens with one attached hydrogen (secondary N) is 1. The van der Waals surface area contributed by atoms with Crippen LogP contribution in [0.4, 0.5) is 0 Å². The molecule has 0 heterocycles. The molecule has 3 N–H and O–H groups in total. The number of carbonyl (C=O) groups is 1. The van der Waals surface area contributed by atoms with Crippen molar-refractivity contribution in [3.8, 4) is 0 Å². The van der Waals surface area contributed by atoms with Gasteiger partial charge in [-0.25, -0.2) is 0 Å². The number of rotatable bonds is 6. The molecule has 1 saturated carbocycles. The summed E-state index contributed by atoms with van der Waals surface area (Å²) >= 11 is 0. The number of hydrogen-bond donors (Lipinski definition) is 2. The number of carbonyl (C=O) groups excluding carboxylic acids is 1. The summed E-state index contributed by atoms with van der Waals surface area (Å²) in [7, 11) is 0. The van der Waals surface area contributed by atoms with E-state index in [9.17, 15) is 4.79 Å². The van der Waals surface area contributed by atoms with Crippen molar-refractivity contribution in [3.05, 3.63) is 35.9 Å². The van der Waals surface area contributed by atoms with Gasteiger partial charge in [-0.2, -0.15) is 0 Å². The third-order valence-corrected chi connectivity index (χ3v) is 4.00. The Morgan fingerprint density at radius 1 is 1.26 bits per heavy atom. The molecule has 0 radical (unpaired) electrons. The zero-order chi connectivity index (χ0) is 13.5. The molecule has 1 fully saturated rings. The highest BCUT2D eigenvalue weighted by Gasteiger charge is 2.18. The fourth-order valence-electron chi connectivity index (χ4n) is 2.82. The van der Waals surface area contributed by atoms with Gasteiger partial charge in [-0.15, -0.1) is 0 Å². The van der Waals surface area contributed by atoms with Crippen molar-refractivity contribution in [1.82, 2.24) is 5.32 Å². The molecule has 0 aliphatic heterocycles. The van der Waals surface area contributed by atoms with Crippen molar-refractivity contribution in [3.63, 3.8) is 0 Å². The highest BCUT2D eigenvalue weighted by Crippen LogP contribution is 2.21. The van der Waals surface area contributed by atoms with Crippen LogP contribution in [-0.4, -0.2) is 18.5 Å². The van der Waals surface area contributed by atoms with Crippen LogP contribution in [0.1, 0.15) is 50.0 Å². The fourth-order valence-corrected chi connectivity index (χ4v) is 2.82. The predicted octanol–water partition coefficient (Wildman–Crippen LogP) is 2.57. The molecule has 0 spiro atoms. The first-order chi connectivity index (χ1) is 9.29. The van der Waals surface area contributed by atoms with Crippen molar-refractivity contribution < 1.29 is 4.79 Å². The van der Waals surface area contributed by atoms with Crippen molar-refractivity contribution in [1.29, 1.82) is 0 Å². The van der Waals surface area contributed by atoms with Crippen LogP contribution < -0.4 is 11.1 Å². The first-order valence-electron chi connectivity index (χ1n) is 7.34. The van der Waals surface area contributed by atoms with Gasteiger partial charge in [0.05, 0.1) is 0 Å². The Labute approximate surface area is 115 Å². The van der Waals surface area contributed by atoms with Gasteiger partial charge in [0.15, 0.2) is 0 Å². The number of benzene rings is 1. The van der Waals surface area contributed by atoms with Gasteiger partial charge < -0.3 is 11.1 Å². The molecular formula is C16H24N2O. The first-order valence-corrected chi connectivity index (χ1v) is 7.34. The van der Waals surface area contributed by atoms with E-state index in [1.54, 1.807) is 0 Å². The zero-order valence-electron chi connectivity index (χ0n) is 11.5. The van der Waals surface area contributed by atoms with Crippen LogP contribution in [0, 0.1) is 0 Å². The summed E-state index contributed by atoms with van der Waals surface area (Å²) in [5.41, 5.74) is 7.06. The maximum absolute atomic E-state index is 11.9. The highest BCUT2D eigenvalue weighted by molar-refractivity contribution is 5.76. The van der Waals surface area contributed by atoms with Crippen LogP contribution in [-0.2, 0) is 4.79 Å². The normalized spacial score (nSPS) is 17.3. The summed E-state index contributed by atoms with van der Waals surface area (Å²) in [6, 6.07) is 10.6. The van der Waals surface area contributed by atoms with Gasteiger partial charge in [-0.1, -0.05) is 43.2 Å². The predicted molar refractivity (Wildman–Crippen MR) is 77.9 cm³/mol. The molecule has 1 aromatic carbocycles. The second-order valence-electron chi connectivity index (χ2n) is 5.43. The number of nitrogens with two attached hydrogens (primary N) is 1. The van der Waals surface area contributed by atoms with E-state index in [0.717, 1.165) is 19.3 Å². The lowest BCUT2D eigenvalue weighted by Crippen LogP contribution is -2.32. The smallest absolute Gasteiger partial charge is 0.220 e. The monoisotopic (exact) mass is 260 g/mol. The van der Waals surface area contributed by atoms with Gasteiger partial charge >= 0.3 is 0 Å². The third-order valence-electron chi connectivity index (χ3n) is 4.00. The van der Waals surface area contributed by atoms with Crippen LogP contribution >= 0.6 is 0 Å². The van der Waals surface area contributed by atoms with Gasteiger partial charge in [-0.05, 0) is 37.3 Å². The van der Waals surface area contributed by atoms with E-state index in [0.29, 0.717) is 19.0 Å². The highest BCUT2D eigenvalue weighted by atomic mass is 16.1. The van der Waals surface area contributed by atoms with E-state index in [4.69, 9.17) is 5.73 Å². The zero-order valence-corrected chi connectivity index (χ0v) is 11.5. The molecule has 1 aliphatic rings. The Morgan fingerprint density at radius 3 is 2.58 bits per heavy atom. The van der Waals surface area contributed by atoms with E-state index in [-0.39, 0.29) is 11.8 Å². The Morgan fingerprint density at radius 2 is 1.95 bits per heavy atom. The number of amides is 1. The Kier molecular flexibility index (Phi) is 5.40. The van der Waals surface area contributed by atoms with Gasteiger partial charge in [0.25, 0.3) is 0 Å². The molecule has 3 nitrogen and oxygen atoms in total. The van der Waals surface area contributed by atoms with Crippen LogP contribution in [0.25, 0.3) is 0 Å². The SMILES string of the molecule is NCC(CCC(=O)NC1CCCC1)c1ccccc1. The van der Waals surface area contributed by atoms with E-state index in [1.807, 2.05) is 18.2 Å². The molecule has 1 amide bonds. The molecule has 1 aliphatic carbocycles. The average molecular weight is 260 g/mol. The second-order valence-corrected chi connectivity index (χ2v) is 5.43. The molecule has 19 heavy (non-hydrogen) atoms. The van der Waals surface area contributed by atoms with Crippen LogP contribution in [0.15, 0.2) is 30.3 Å². The van der Waals surface area contributed by atoms with Crippen molar-refractivity contribution in [2.75, 3.05) is 6.54 Å².